The van der Waals surface area contributed by atoms with Gasteiger partial charge in [0.2, 0.25) is 0 Å². The number of ketones is 2. The summed E-state index contributed by atoms with van der Waals surface area (Å²) >= 11 is 0. The third-order valence-corrected chi connectivity index (χ3v) is 18.1. The minimum absolute atomic E-state index is 0.000813. The summed E-state index contributed by atoms with van der Waals surface area (Å²) in [4.78, 5) is 27.5. The van der Waals surface area contributed by atoms with E-state index in [1.54, 1.807) is 6.07 Å². The molecule has 5 aliphatic carbocycles. The number of piperidine rings is 1. The van der Waals surface area contributed by atoms with Gasteiger partial charge < -0.3 is 46.8 Å². The number of aliphatic hydroxyl groups is 3. The van der Waals surface area contributed by atoms with Gasteiger partial charge in [-0.3, -0.25) is 9.59 Å². The molecular weight excluding hydrogens is 853 g/mol. The highest BCUT2D eigenvalue weighted by Gasteiger charge is 2.61. The van der Waals surface area contributed by atoms with Crippen LogP contribution in [0.15, 0.2) is 78.1 Å². The summed E-state index contributed by atoms with van der Waals surface area (Å²) in [6.07, 6.45) is 8.48. The average Bonchev–Trinajstić information content (AvgIpc) is 3.38. The Balaban J connectivity index is 0.914. The van der Waals surface area contributed by atoms with Crippen LogP contribution >= 0.6 is 0 Å². The number of carbonyl (C=O) groups excluding carboxylic acids is 2. The van der Waals surface area contributed by atoms with Crippen molar-refractivity contribution in [3.63, 3.8) is 0 Å². The van der Waals surface area contributed by atoms with Crippen molar-refractivity contribution in [3.05, 3.63) is 94.8 Å². The first-order valence-corrected chi connectivity index (χ1v) is 25.8. The number of hydrogen-bond acceptors (Lipinski definition) is 11. The molecule has 15 atom stereocenters. The lowest BCUT2D eigenvalue weighted by Gasteiger charge is -2.63. The molecule has 4 saturated carbocycles. The predicted octanol–water partition coefficient (Wildman–Crippen LogP) is 6.37. The second-order valence-corrected chi connectivity index (χ2v) is 21.7. The smallest absolute Gasteiger partial charge is 0.160 e. The van der Waals surface area contributed by atoms with Crippen LogP contribution in [0.5, 0.6) is 11.5 Å². The second-order valence-electron chi connectivity index (χ2n) is 21.7. The Kier molecular flexibility index (Phi) is 13.5. The minimum Gasteiger partial charge on any atom is -0.504 e. The summed E-state index contributed by atoms with van der Waals surface area (Å²) < 4.78 is 5.56. The fourth-order valence-electron chi connectivity index (χ4n) is 15.0. The predicted molar refractivity (Wildman–Crippen MR) is 263 cm³/mol. The van der Waals surface area contributed by atoms with Crippen LogP contribution < -0.4 is 26.4 Å². The van der Waals surface area contributed by atoms with Crippen molar-refractivity contribution in [3.8, 4) is 23.3 Å². The van der Waals surface area contributed by atoms with Gasteiger partial charge >= 0.3 is 0 Å². The van der Waals surface area contributed by atoms with Gasteiger partial charge in [0.25, 0.3) is 0 Å². The molecule has 9 N–H and O–H groups in total. The Morgan fingerprint density at radius 1 is 0.971 bits per heavy atom. The van der Waals surface area contributed by atoms with Gasteiger partial charge in [0.1, 0.15) is 11.2 Å². The maximum absolute atomic E-state index is 14.7. The fourth-order valence-corrected chi connectivity index (χ4v) is 15.0. The van der Waals surface area contributed by atoms with E-state index >= 15 is 0 Å². The standard InChI is InChI=1S/C57H72N4O7/c1-3-59-31-46-45(22-40-30-61-47-28-42(63)21-39-23-49(65)56(46)55(40)54(39)47)37-15-18-57(52(67)25-37)17-14-33(44-29-48(64)50(68-2)24-36(44)11-13-51(57)66)10-12-41(62)27-43(38-16-19-60-53(58)26-38)35-9-8-32-6-4-5-7-34(32)20-35/h4-9,16,20,24,26,29,33,37,39-41,43,45-47,49,52,54-56,59-62,64-65,67H,3,10-13,15,18-19,21-23,25,27-28,30-31,58H2,1-2H3. The molecule has 3 aromatic carbocycles. The Bertz CT molecular complexity index is 2510. The Hall–Kier alpha value is -4.70. The van der Waals surface area contributed by atoms with Gasteiger partial charge in [-0.05, 0) is 176 Å². The van der Waals surface area contributed by atoms with Crippen LogP contribution in [-0.4, -0.2) is 89.6 Å². The monoisotopic (exact) mass is 925 g/mol. The maximum Gasteiger partial charge on any atom is 0.160 e. The van der Waals surface area contributed by atoms with E-state index in [9.17, 15) is 30.0 Å². The summed E-state index contributed by atoms with van der Waals surface area (Å²) in [6.45, 7) is 5.23. The summed E-state index contributed by atoms with van der Waals surface area (Å²) in [7, 11) is 1.52. The summed E-state index contributed by atoms with van der Waals surface area (Å²) in [6, 6.07) is 18.5. The topological polar surface area (TPSA) is 186 Å². The maximum atomic E-state index is 14.7. The number of carbonyl (C=O) groups is 2. The number of hydrogen-bond donors (Lipinski definition) is 8. The number of phenolic OH excluding ortho intramolecular Hbond substituents is 1. The highest BCUT2D eigenvalue weighted by molar-refractivity contribution is 5.89. The lowest BCUT2D eigenvalue weighted by Crippen LogP contribution is -2.66. The molecule has 362 valence electrons. The van der Waals surface area contributed by atoms with E-state index in [0.29, 0.717) is 99.4 Å². The first kappa shape index (κ1) is 47.0. The summed E-state index contributed by atoms with van der Waals surface area (Å²) in [5.74, 6) is 9.90. The molecule has 68 heavy (non-hydrogen) atoms. The highest BCUT2D eigenvalue weighted by Crippen LogP contribution is 2.60. The number of fused-ring (bicyclic) bond motifs is 2. The van der Waals surface area contributed by atoms with E-state index < -0.39 is 29.6 Å². The molecule has 0 bridgehead atoms. The van der Waals surface area contributed by atoms with Gasteiger partial charge in [-0.15, -0.1) is 0 Å². The van der Waals surface area contributed by atoms with Crippen molar-refractivity contribution >= 4 is 22.3 Å². The van der Waals surface area contributed by atoms with Crippen LogP contribution in [-0.2, 0) is 16.0 Å². The summed E-state index contributed by atoms with van der Waals surface area (Å²) in [5, 5.41) is 60.6. The SMILES string of the molecule is CCNCC1C(C2CCC3(C#CC(CCC(O)CC(C4=CCNC(N)=C4)c4ccc5ccccc5c4)c4cc(O)c(OC)cc4CCC3=O)C(O)C2)CC2CNC3CC(=O)CC4CC(O)C1C2C43. The molecule has 0 amide bonds. The Labute approximate surface area is 401 Å². The average molecular weight is 925 g/mol. The number of aryl methyl sites for hydroxylation is 1. The molecule has 5 fully saturated rings. The molecule has 3 aromatic rings. The molecule has 0 aromatic heterocycles. The largest absolute Gasteiger partial charge is 0.504 e. The molecule has 2 heterocycles. The molecule has 11 nitrogen and oxygen atoms in total. The molecule has 1 saturated heterocycles. The summed E-state index contributed by atoms with van der Waals surface area (Å²) in [5.41, 5.74) is 8.90. The van der Waals surface area contributed by atoms with E-state index in [1.807, 2.05) is 24.3 Å². The zero-order valence-electron chi connectivity index (χ0n) is 39.8. The van der Waals surface area contributed by atoms with Crippen molar-refractivity contribution in [2.45, 2.75) is 120 Å². The quantitative estimate of drug-likeness (QED) is 0.0944. The Morgan fingerprint density at radius 2 is 1.81 bits per heavy atom. The third kappa shape index (κ3) is 8.89. The molecule has 0 radical (unpaired) electrons. The molecule has 1 spiro atoms. The van der Waals surface area contributed by atoms with E-state index in [2.05, 4.69) is 71.1 Å². The molecule has 15 unspecified atom stereocenters. The van der Waals surface area contributed by atoms with Gasteiger partial charge in [-0.1, -0.05) is 67.3 Å². The minimum atomic E-state index is -1.24. The lowest BCUT2D eigenvalue weighted by atomic mass is 9.45. The van der Waals surface area contributed by atoms with Crippen molar-refractivity contribution < 1.29 is 34.8 Å². The number of nitrogens with one attached hydrogen (secondary N) is 3. The van der Waals surface area contributed by atoms with Crippen molar-refractivity contribution in [1.29, 1.82) is 0 Å². The number of benzene rings is 3. The van der Waals surface area contributed by atoms with E-state index in [1.165, 1.54) is 7.11 Å². The number of aliphatic hydroxyl groups excluding tert-OH is 3. The van der Waals surface area contributed by atoms with Crippen LogP contribution in [0.2, 0.25) is 0 Å². The molecular formula is C57H72N4O7. The number of Topliss-reactive ketones (excluding diaryl/α,β-unsaturated/α-hetero) is 2. The van der Waals surface area contributed by atoms with Crippen LogP contribution in [0.1, 0.15) is 106 Å². The van der Waals surface area contributed by atoms with Crippen molar-refractivity contribution in [1.82, 2.24) is 16.0 Å². The number of aromatic hydroxyl groups is 1. The van der Waals surface area contributed by atoms with Gasteiger partial charge in [0, 0.05) is 43.7 Å². The van der Waals surface area contributed by atoms with Gasteiger partial charge in [-0.2, -0.15) is 0 Å². The number of methoxy groups -OCH3 is 1. The van der Waals surface area contributed by atoms with Crippen LogP contribution in [0, 0.1) is 64.6 Å². The number of phenols is 1. The highest BCUT2D eigenvalue weighted by atomic mass is 16.5. The molecule has 2 aliphatic heterocycles. The number of rotatable bonds is 12. The first-order chi connectivity index (χ1) is 32.9. The van der Waals surface area contributed by atoms with Gasteiger partial charge in [0.05, 0.1) is 31.2 Å². The van der Waals surface area contributed by atoms with E-state index in [-0.39, 0.29) is 59.5 Å². The Morgan fingerprint density at radius 3 is 2.60 bits per heavy atom. The molecule has 10 rings (SSSR count). The second kappa shape index (κ2) is 19.6. The lowest BCUT2D eigenvalue weighted by molar-refractivity contribution is -0.166. The van der Waals surface area contributed by atoms with Crippen molar-refractivity contribution in [2.75, 3.05) is 33.3 Å². The first-order valence-electron chi connectivity index (χ1n) is 25.8. The van der Waals surface area contributed by atoms with Crippen LogP contribution in [0.25, 0.3) is 10.8 Å². The zero-order chi connectivity index (χ0) is 47.3. The molecule has 7 aliphatic rings. The van der Waals surface area contributed by atoms with Crippen LogP contribution in [0.4, 0.5) is 0 Å². The van der Waals surface area contributed by atoms with E-state index in [4.69, 9.17) is 10.5 Å². The number of allylic oxidation sites excluding steroid dienone is 2. The number of nitrogens with two attached hydrogens (primary N) is 1. The van der Waals surface area contributed by atoms with Gasteiger partial charge in [-0.25, -0.2) is 0 Å². The fraction of sp³-hybridized carbons (Fsp3) is 0.579. The normalized spacial score (nSPS) is 35.2. The number of ether oxygens (including phenoxy) is 1. The van der Waals surface area contributed by atoms with Crippen LogP contribution in [0.3, 0.4) is 0 Å². The van der Waals surface area contributed by atoms with Crippen molar-refractivity contribution in [2.24, 2.45) is 58.5 Å². The third-order valence-electron chi connectivity index (χ3n) is 18.1. The molecule has 11 heteroatoms. The van der Waals surface area contributed by atoms with E-state index in [0.717, 1.165) is 65.5 Å². The van der Waals surface area contributed by atoms with Gasteiger partial charge in [0.15, 0.2) is 17.3 Å². The zero-order valence-corrected chi connectivity index (χ0v) is 39.8. The number of dihydropyridines is 1.